The molecule has 4 rings (SSSR count). The highest BCUT2D eigenvalue weighted by Crippen LogP contribution is 2.31. The van der Waals surface area contributed by atoms with Crippen LogP contribution in [0.2, 0.25) is 5.02 Å². The quantitative estimate of drug-likeness (QED) is 0.285. The molecule has 1 heterocycles. The second-order valence-corrected chi connectivity index (χ2v) is 9.57. The lowest BCUT2D eigenvalue weighted by atomic mass is 10.0. The zero-order valence-corrected chi connectivity index (χ0v) is 21.5. The number of amides is 3. The van der Waals surface area contributed by atoms with Crippen molar-refractivity contribution < 1.29 is 18.8 Å². The maximum Gasteiger partial charge on any atom is 0.270 e. The van der Waals surface area contributed by atoms with Gasteiger partial charge in [0.1, 0.15) is 16.7 Å². The molecule has 0 spiro atoms. The topological polar surface area (TPSA) is 131 Å². The fraction of sp³-hybridized carbons (Fsp3) is 0.111. The van der Waals surface area contributed by atoms with Gasteiger partial charge in [0.15, 0.2) is 5.69 Å². The van der Waals surface area contributed by atoms with Gasteiger partial charge < -0.3 is 21.7 Å². The molecule has 0 saturated heterocycles. The average Bonchev–Trinajstić information content (AvgIpc) is 3.31. The number of nitrogens with zero attached hydrogens (tertiary/aromatic N) is 2. The minimum absolute atomic E-state index is 0.0456. The number of benzene rings is 3. The second-order valence-electron chi connectivity index (χ2n) is 8.36. The number of nitrogens with one attached hydrogen (secondary N) is 1. The summed E-state index contributed by atoms with van der Waals surface area (Å²) in [7, 11) is 0. The van der Waals surface area contributed by atoms with Crippen LogP contribution in [0, 0.1) is 5.82 Å². The molecule has 0 aliphatic heterocycles. The summed E-state index contributed by atoms with van der Waals surface area (Å²) in [6.45, 7) is 0.144. The molecule has 0 aliphatic rings. The van der Waals surface area contributed by atoms with E-state index in [1.54, 1.807) is 24.3 Å². The van der Waals surface area contributed by atoms with E-state index in [0.29, 0.717) is 27.7 Å². The number of carbonyl (C=O) groups excluding carboxylic acids is 3. The number of nitrogen functional groups attached to an aromatic ring is 1. The van der Waals surface area contributed by atoms with Gasteiger partial charge in [-0.15, -0.1) is 0 Å². The summed E-state index contributed by atoms with van der Waals surface area (Å²) >= 11 is 6.80. The highest BCUT2D eigenvalue weighted by Gasteiger charge is 2.35. The number of halogens is 2. The van der Waals surface area contributed by atoms with Crippen LogP contribution in [0.1, 0.15) is 42.9 Å². The lowest BCUT2D eigenvalue weighted by molar-refractivity contribution is -0.126. The lowest BCUT2D eigenvalue weighted by Gasteiger charge is -2.31. The molecule has 11 heteroatoms. The Morgan fingerprint density at radius 3 is 2.24 bits per heavy atom. The zero-order valence-electron chi connectivity index (χ0n) is 19.9. The average molecular weight is 552 g/mol. The largest absolute Gasteiger partial charge is 0.395 e. The Balaban J connectivity index is 1.77. The van der Waals surface area contributed by atoms with Crippen molar-refractivity contribution in [3.8, 4) is 0 Å². The lowest BCUT2D eigenvalue weighted by Crippen LogP contribution is -2.43. The van der Waals surface area contributed by atoms with E-state index in [1.165, 1.54) is 29.2 Å². The van der Waals surface area contributed by atoms with Gasteiger partial charge in [0.25, 0.3) is 11.8 Å². The highest BCUT2D eigenvalue weighted by atomic mass is 35.5. The van der Waals surface area contributed by atoms with Gasteiger partial charge in [-0.3, -0.25) is 14.4 Å². The molecule has 1 aromatic heterocycles. The van der Waals surface area contributed by atoms with Crippen LogP contribution in [0.3, 0.4) is 0 Å². The van der Waals surface area contributed by atoms with Crippen LogP contribution >= 0.6 is 23.1 Å². The molecular weight excluding hydrogens is 529 g/mol. The zero-order chi connectivity index (χ0) is 27.2. The van der Waals surface area contributed by atoms with E-state index >= 15 is 0 Å². The molecule has 194 valence electrons. The molecule has 8 nitrogen and oxygen atoms in total. The van der Waals surface area contributed by atoms with Gasteiger partial charge in [-0.1, -0.05) is 66.2 Å². The molecule has 1 unspecified atom stereocenters. The van der Waals surface area contributed by atoms with Crippen LogP contribution in [-0.4, -0.2) is 27.0 Å². The molecule has 0 aliphatic carbocycles. The monoisotopic (exact) mass is 551 g/mol. The van der Waals surface area contributed by atoms with E-state index in [9.17, 15) is 18.8 Å². The van der Waals surface area contributed by atoms with Crippen molar-refractivity contribution in [2.75, 3.05) is 5.73 Å². The molecule has 38 heavy (non-hydrogen) atoms. The van der Waals surface area contributed by atoms with E-state index in [-0.39, 0.29) is 29.3 Å². The van der Waals surface area contributed by atoms with E-state index in [1.807, 2.05) is 30.3 Å². The molecule has 0 fully saturated rings. The van der Waals surface area contributed by atoms with Crippen LogP contribution in [-0.2, 0) is 17.9 Å². The fourth-order valence-electron chi connectivity index (χ4n) is 3.83. The molecule has 0 bridgehead atoms. The molecule has 3 aromatic carbocycles. The molecule has 1 atom stereocenters. The second kappa shape index (κ2) is 11.8. The molecule has 0 radical (unpaired) electrons. The maximum atomic E-state index is 13.9. The maximum absolute atomic E-state index is 13.9. The normalized spacial score (nSPS) is 11.5. The van der Waals surface area contributed by atoms with Crippen molar-refractivity contribution >= 4 is 46.5 Å². The molecule has 5 N–H and O–H groups in total. The van der Waals surface area contributed by atoms with Crippen LogP contribution in [0.25, 0.3) is 0 Å². The van der Waals surface area contributed by atoms with Gasteiger partial charge >= 0.3 is 0 Å². The number of anilines is 1. The molecule has 4 aromatic rings. The van der Waals surface area contributed by atoms with Crippen molar-refractivity contribution in [3.05, 3.63) is 117 Å². The first-order chi connectivity index (χ1) is 18.2. The minimum Gasteiger partial charge on any atom is -0.395 e. The summed E-state index contributed by atoms with van der Waals surface area (Å²) in [5, 5.41) is 3.34. The first kappa shape index (κ1) is 26.8. The fourth-order valence-corrected chi connectivity index (χ4v) is 4.71. The summed E-state index contributed by atoms with van der Waals surface area (Å²) in [5.74, 6) is -2.44. The Hall–Kier alpha value is -4.28. The van der Waals surface area contributed by atoms with Crippen molar-refractivity contribution in [1.82, 2.24) is 14.6 Å². The molecular formula is C27H23ClFN5O3S. The van der Waals surface area contributed by atoms with Crippen molar-refractivity contribution in [2.45, 2.75) is 19.1 Å². The number of hydrogen-bond donors (Lipinski definition) is 3. The third kappa shape index (κ3) is 6.16. The first-order valence-corrected chi connectivity index (χ1v) is 12.6. The SMILES string of the molecule is NC(=O)c1nsc(C(=O)N(Cc2ccc(F)cc2)C(C(=O)NCc2ccccc2)c2ccc(Cl)cc2)c1N. The summed E-state index contributed by atoms with van der Waals surface area (Å²) in [4.78, 5) is 40.6. The van der Waals surface area contributed by atoms with Gasteiger partial charge in [0.2, 0.25) is 5.91 Å². The van der Waals surface area contributed by atoms with Gasteiger partial charge in [-0.25, -0.2) is 4.39 Å². The Morgan fingerprint density at radius 2 is 1.63 bits per heavy atom. The predicted octanol–water partition coefficient (Wildman–Crippen LogP) is 4.32. The number of aromatic nitrogens is 1. The Bertz CT molecular complexity index is 1450. The molecule has 3 amide bonds. The summed E-state index contributed by atoms with van der Waals surface area (Å²) < 4.78 is 17.5. The number of primary amides is 1. The highest BCUT2D eigenvalue weighted by molar-refractivity contribution is 7.09. The van der Waals surface area contributed by atoms with E-state index in [2.05, 4.69) is 9.69 Å². The van der Waals surface area contributed by atoms with E-state index in [0.717, 1.165) is 5.56 Å². The third-order valence-electron chi connectivity index (χ3n) is 5.74. The first-order valence-electron chi connectivity index (χ1n) is 11.4. The summed E-state index contributed by atoms with van der Waals surface area (Å²) in [6, 6.07) is 20.2. The van der Waals surface area contributed by atoms with Gasteiger partial charge in [-0.2, -0.15) is 4.37 Å². The summed E-state index contributed by atoms with van der Waals surface area (Å²) in [5.41, 5.74) is 12.9. The van der Waals surface area contributed by atoms with Gasteiger partial charge in [0, 0.05) is 18.1 Å². The van der Waals surface area contributed by atoms with Gasteiger partial charge in [0.05, 0.1) is 5.69 Å². The van der Waals surface area contributed by atoms with Gasteiger partial charge in [-0.05, 0) is 52.5 Å². The van der Waals surface area contributed by atoms with Crippen molar-refractivity contribution in [2.24, 2.45) is 5.73 Å². The van der Waals surface area contributed by atoms with Crippen molar-refractivity contribution in [3.63, 3.8) is 0 Å². The molecule has 0 saturated carbocycles. The van der Waals surface area contributed by atoms with Crippen LogP contribution in [0.15, 0.2) is 78.9 Å². The predicted molar refractivity (Wildman–Crippen MR) is 144 cm³/mol. The van der Waals surface area contributed by atoms with Crippen LogP contribution in [0.5, 0.6) is 0 Å². The number of nitrogens with two attached hydrogens (primary N) is 2. The standard InChI is InChI=1S/C27H23ClFN5O3S/c28-19-10-8-18(9-11-19)23(26(36)32-14-16-4-2-1-3-5-16)34(15-17-6-12-20(29)13-7-17)27(37)24-21(30)22(25(31)35)33-38-24/h1-13,23H,14-15,30H2,(H2,31,35)(H,32,36). The Morgan fingerprint density at radius 1 is 0.974 bits per heavy atom. The smallest absolute Gasteiger partial charge is 0.270 e. The Kier molecular flexibility index (Phi) is 8.35. The number of hydrogen-bond acceptors (Lipinski definition) is 6. The minimum atomic E-state index is -1.13. The Labute approximate surface area is 227 Å². The van der Waals surface area contributed by atoms with Crippen molar-refractivity contribution in [1.29, 1.82) is 0 Å². The van der Waals surface area contributed by atoms with Crippen LogP contribution < -0.4 is 16.8 Å². The number of rotatable bonds is 9. The third-order valence-corrected chi connectivity index (χ3v) is 6.84. The van der Waals surface area contributed by atoms with Crippen LogP contribution in [0.4, 0.5) is 10.1 Å². The number of carbonyl (C=O) groups is 3. The van der Waals surface area contributed by atoms with E-state index < -0.39 is 29.6 Å². The van der Waals surface area contributed by atoms with E-state index in [4.69, 9.17) is 23.1 Å². The summed E-state index contributed by atoms with van der Waals surface area (Å²) in [6.07, 6.45) is 0.